The van der Waals surface area contributed by atoms with Crippen molar-refractivity contribution in [2.24, 2.45) is 11.1 Å². The minimum Gasteiger partial charge on any atom is -0.324 e. The van der Waals surface area contributed by atoms with Gasteiger partial charge < -0.3 is 10.3 Å². The third-order valence-electron chi connectivity index (χ3n) is 4.10. The highest BCUT2D eigenvalue weighted by atomic mass is 15.0. The van der Waals surface area contributed by atoms with Crippen LogP contribution in [0.1, 0.15) is 43.1 Å². The monoisotopic (exact) mass is 255 g/mol. The zero-order chi connectivity index (χ0) is 13.6. The highest BCUT2D eigenvalue weighted by Gasteiger charge is 2.32. The van der Waals surface area contributed by atoms with E-state index >= 15 is 0 Å². The first kappa shape index (κ1) is 12.4. The van der Waals surface area contributed by atoms with Gasteiger partial charge >= 0.3 is 0 Å². The van der Waals surface area contributed by atoms with E-state index in [0.29, 0.717) is 0 Å². The standard InChI is InChI=1S/C16H21N3/c1-11-10-18-6-4-14(11)19-7-5-12-13(17)8-16(2,3)9-15(12)19/h4-7,10,13H,8-9,17H2,1-3H3. The topological polar surface area (TPSA) is 43.8 Å². The van der Waals surface area contributed by atoms with E-state index in [0.717, 1.165) is 12.8 Å². The van der Waals surface area contributed by atoms with E-state index in [9.17, 15) is 0 Å². The summed E-state index contributed by atoms with van der Waals surface area (Å²) in [5, 5.41) is 0. The van der Waals surface area contributed by atoms with Gasteiger partial charge in [-0.15, -0.1) is 0 Å². The largest absolute Gasteiger partial charge is 0.324 e. The van der Waals surface area contributed by atoms with Crippen LogP contribution in [0.5, 0.6) is 0 Å². The van der Waals surface area contributed by atoms with Crippen molar-refractivity contribution in [2.75, 3.05) is 0 Å². The van der Waals surface area contributed by atoms with E-state index in [1.807, 2.05) is 12.4 Å². The van der Waals surface area contributed by atoms with Gasteiger partial charge in [0.2, 0.25) is 0 Å². The Balaban J connectivity index is 2.14. The molecule has 0 amide bonds. The number of aromatic nitrogens is 2. The Labute approximate surface area is 114 Å². The van der Waals surface area contributed by atoms with Crippen molar-refractivity contribution in [3.8, 4) is 5.69 Å². The molecule has 3 nitrogen and oxygen atoms in total. The summed E-state index contributed by atoms with van der Waals surface area (Å²) in [4.78, 5) is 4.17. The fourth-order valence-electron chi connectivity index (χ4n) is 3.20. The third kappa shape index (κ3) is 2.08. The molecule has 0 bridgehead atoms. The zero-order valence-electron chi connectivity index (χ0n) is 11.9. The maximum Gasteiger partial charge on any atom is 0.0512 e. The number of hydrogen-bond donors (Lipinski definition) is 1. The Morgan fingerprint density at radius 2 is 2.16 bits per heavy atom. The van der Waals surface area contributed by atoms with Gasteiger partial charge in [0.05, 0.1) is 5.69 Å². The van der Waals surface area contributed by atoms with E-state index in [4.69, 9.17) is 5.73 Å². The van der Waals surface area contributed by atoms with Crippen LogP contribution in [-0.4, -0.2) is 9.55 Å². The van der Waals surface area contributed by atoms with Crippen LogP contribution in [0.2, 0.25) is 0 Å². The van der Waals surface area contributed by atoms with Crippen LogP contribution < -0.4 is 5.73 Å². The number of hydrogen-bond acceptors (Lipinski definition) is 2. The second-order valence-electron chi connectivity index (χ2n) is 6.40. The van der Waals surface area contributed by atoms with Gasteiger partial charge in [-0.1, -0.05) is 13.8 Å². The molecule has 0 aromatic carbocycles. The molecule has 1 aliphatic carbocycles. The van der Waals surface area contributed by atoms with Crippen LogP contribution in [0.3, 0.4) is 0 Å². The molecule has 2 N–H and O–H groups in total. The molecular weight excluding hydrogens is 234 g/mol. The lowest BCUT2D eigenvalue weighted by Crippen LogP contribution is -2.30. The molecule has 100 valence electrons. The number of aryl methyl sites for hydroxylation is 1. The summed E-state index contributed by atoms with van der Waals surface area (Å²) in [5.74, 6) is 0. The minimum atomic E-state index is 0.155. The predicted molar refractivity (Wildman–Crippen MR) is 77.3 cm³/mol. The van der Waals surface area contributed by atoms with Gasteiger partial charge in [0, 0.05) is 30.3 Å². The highest BCUT2D eigenvalue weighted by Crippen LogP contribution is 2.40. The maximum atomic E-state index is 6.33. The minimum absolute atomic E-state index is 0.155. The van der Waals surface area contributed by atoms with Crippen LogP contribution in [0.15, 0.2) is 30.7 Å². The summed E-state index contributed by atoms with van der Waals surface area (Å²) in [6.07, 6.45) is 8.04. The summed E-state index contributed by atoms with van der Waals surface area (Å²) < 4.78 is 2.28. The van der Waals surface area contributed by atoms with E-state index in [2.05, 4.69) is 48.7 Å². The van der Waals surface area contributed by atoms with Gasteiger partial charge in [-0.3, -0.25) is 4.98 Å². The average Bonchev–Trinajstić information content (AvgIpc) is 2.72. The SMILES string of the molecule is Cc1cnccc1-n1ccc2c1CC(C)(C)CC2N. The van der Waals surface area contributed by atoms with Crippen molar-refractivity contribution >= 4 is 0 Å². The van der Waals surface area contributed by atoms with Crippen molar-refractivity contribution in [3.05, 3.63) is 47.5 Å². The molecule has 0 spiro atoms. The molecule has 1 atom stereocenters. The first-order valence-electron chi connectivity index (χ1n) is 6.85. The van der Waals surface area contributed by atoms with Crippen molar-refractivity contribution in [2.45, 2.75) is 39.7 Å². The highest BCUT2D eigenvalue weighted by molar-refractivity contribution is 5.44. The van der Waals surface area contributed by atoms with Crippen molar-refractivity contribution in [1.29, 1.82) is 0 Å². The van der Waals surface area contributed by atoms with Gasteiger partial charge in [0.15, 0.2) is 0 Å². The van der Waals surface area contributed by atoms with E-state index in [1.54, 1.807) is 0 Å². The Kier molecular flexibility index (Phi) is 2.75. The second kappa shape index (κ2) is 4.20. The quantitative estimate of drug-likeness (QED) is 0.850. The summed E-state index contributed by atoms with van der Waals surface area (Å²) in [6, 6.07) is 4.40. The third-order valence-corrected chi connectivity index (χ3v) is 4.10. The summed E-state index contributed by atoms with van der Waals surface area (Å²) in [7, 11) is 0. The molecule has 19 heavy (non-hydrogen) atoms. The number of rotatable bonds is 1. The van der Waals surface area contributed by atoms with Crippen LogP contribution in [0, 0.1) is 12.3 Å². The number of fused-ring (bicyclic) bond motifs is 1. The Hall–Kier alpha value is -1.61. The fourth-order valence-corrected chi connectivity index (χ4v) is 3.20. The van der Waals surface area contributed by atoms with Crippen LogP contribution >= 0.6 is 0 Å². The van der Waals surface area contributed by atoms with E-state index in [1.165, 1.54) is 22.5 Å². The van der Waals surface area contributed by atoms with Crippen molar-refractivity contribution < 1.29 is 0 Å². The molecule has 2 heterocycles. The molecule has 0 aliphatic heterocycles. The van der Waals surface area contributed by atoms with E-state index < -0.39 is 0 Å². The summed E-state index contributed by atoms with van der Waals surface area (Å²) >= 11 is 0. The number of pyridine rings is 1. The zero-order valence-corrected chi connectivity index (χ0v) is 11.9. The van der Waals surface area contributed by atoms with Gasteiger partial charge in [-0.25, -0.2) is 0 Å². The lowest BCUT2D eigenvalue weighted by molar-refractivity contribution is 0.278. The lowest BCUT2D eigenvalue weighted by Gasteiger charge is -2.34. The van der Waals surface area contributed by atoms with Gasteiger partial charge in [0.25, 0.3) is 0 Å². The second-order valence-corrected chi connectivity index (χ2v) is 6.40. The maximum absolute atomic E-state index is 6.33. The number of nitrogens with two attached hydrogens (primary N) is 1. The molecule has 0 fully saturated rings. The molecule has 0 saturated heterocycles. The van der Waals surface area contributed by atoms with Crippen LogP contribution in [0.25, 0.3) is 5.69 Å². The molecule has 3 heteroatoms. The fraction of sp³-hybridized carbons (Fsp3) is 0.438. The molecule has 1 unspecified atom stereocenters. The summed E-state index contributed by atoms with van der Waals surface area (Å²) in [5.41, 5.74) is 11.7. The van der Waals surface area contributed by atoms with E-state index in [-0.39, 0.29) is 11.5 Å². The molecule has 2 aromatic heterocycles. The van der Waals surface area contributed by atoms with Crippen LogP contribution in [0.4, 0.5) is 0 Å². The molecular formula is C16H21N3. The average molecular weight is 255 g/mol. The predicted octanol–water partition coefficient (Wildman–Crippen LogP) is 3.15. The smallest absolute Gasteiger partial charge is 0.0512 e. The Morgan fingerprint density at radius 3 is 2.89 bits per heavy atom. The van der Waals surface area contributed by atoms with Gasteiger partial charge in [0.1, 0.15) is 0 Å². The van der Waals surface area contributed by atoms with Crippen LogP contribution in [-0.2, 0) is 6.42 Å². The first-order valence-corrected chi connectivity index (χ1v) is 6.85. The Bertz CT molecular complexity index is 610. The molecule has 0 saturated carbocycles. The number of nitrogens with zero attached hydrogens (tertiary/aromatic N) is 2. The molecule has 3 rings (SSSR count). The molecule has 1 aliphatic rings. The Morgan fingerprint density at radius 1 is 1.37 bits per heavy atom. The van der Waals surface area contributed by atoms with Crippen molar-refractivity contribution in [3.63, 3.8) is 0 Å². The molecule has 0 radical (unpaired) electrons. The first-order chi connectivity index (χ1) is 8.98. The normalized spacial score (nSPS) is 21.2. The summed E-state index contributed by atoms with van der Waals surface area (Å²) in [6.45, 7) is 6.70. The lowest BCUT2D eigenvalue weighted by atomic mass is 9.74. The van der Waals surface area contributed by atoms with Gasteiger partial charge in [-0.2, -0.15) is 0 Å². The van der Waals surface area contributed by atoms with Gasteiger partial charge in [-0.05, 0) is 48.4 Å². The van der Waals surface area contributed by atoms with Crippen molar-refractivity contribution in [1.82, 2.24) is 9.55 Å². The molecule has 2 aromatic rings.